The maximum absolute atomic E-state index is 12.5. The van der Waals surface area contributed by atoms with E-state index in [1.165, 1.54) is 10.5 Å². The number of hydrogen-bond donors (Lipinski definition) is 4. The topological polar surface area (TPSA) is 116 Å². The Morgan fingerprint density at radius 1 is 1.32 bits per heavy atom. The zero-order chi connectivity index (χ0) is 22.7. The van der Waals surface area contributed by atoms with E-state index in [1.54, 1.807) is 18.7 Å². The van der Waals surface area contributed by atoms with Gasteiger partial charge >= 0.3 is 5.97 Å². The smallest absolute Gasteiger partial charge is 0.353 e. The number of rotatable bonds is 6. The number of nitrogens with two attached hydrogens (primary N) is 1. The fourth-order valence-electron chi connectivity index (χ4n) is 5.05. The highest BCUT2D eigenvalue weighted by atomic mass is 32.2. The lowest BCUT2D eigenvalue weighted by molar-refractivity contribution is -0.163. The quantitative estimate of drug-likeness (QED) is 0.496. The summed E-state index contributed by atoms with van der Waals surface area (Å²) in [6.07, 6.45) is 0.0898. The van der Waals surface area contributed by atoms with Crippen LogP contribution in [0.4, 0.5) is 0 Å². The molecule has 1 aromatic carbocycles. The fourth-order valence-corrected chi connectivity index (χ4v) is 6.53. The van der Waals surface area contributed by atoms with Gasteiger partial charge in [-0.2, -0.15) is 0 Å². The molecule has 1 aromatic rings. The van der Waals surface area contributed by atoms with Gasteiger partial charge in [0.15, 0.2) is 0 Å². The van der Waals surface area contributed by atoms with E-state index < -0.39 is 18.0 Å². The van der Waals surface area contributed by atoms with E-state index in [9.17, 15) is 19.8 Å². The molecule has 0 radical (unpaired) electrons. The summed E-state index contributed by atoms with van der Waals surface area (Å²) in [4.78, 5) is 26.6. The summed E-state index contributed by atoms with van der Waals surface area (Å²) in [6.45, 7) is 8.29. The summed E-state index contributed by atoms with van der Waals surface area (Å²) in [6, 6.07) is 8.27. The SMILES string of the molecule is C[C@@H](O)[C@H]1C(=O)N2C(C(=O)O)=C(S[C@@H]3CN[C@@H](c4ccc(C(C)(C)N)cc4)C3)[C@H](C)[C@H]12. The number of nitrogens with one attached hydrogen (secondary N) is 1. The number of aliphatic hydroxyl groups is 1. The van der Waals surface area contributed by atoms with Crippen molar-refractivity contribution in [3.63, 3.8) is 0 Å². The zero-order valence-electron chi connectivity index (χ0n) is 18.3. The average molecular weight is 446 g/mol. The molecular formula is C23H31N3O4S. The molecule has 3 aliphatic rings. The highest BCUT2D eigenvalue weighted by Gasteiger charge is 2.60. The molecule has 1 amide bonds. The number of carbonyl (C=O) groups excluding carboxylic acids is 1. The second kappa shape index (κ2) is 7.92. The molecule has 5 N–H and O–H groups in total. The Balaban J connectivity index is 1.48. The van der Waals surface area contributed by atoms with Crippen LogP contribution in [0.15, 0.2) is 34.9 Å². The zero-order valence-corrected chi connectivity index (χ0v) is 19.1. The van der Waals surface area contributed by atoms with Crippen molar-refractivity contribution in [3.8, 4) is 0 Å². The summed E-state index contributed by atoms with van der Waals surface area (Å²) in [7, 11) is 0. The number of benzene rings is 1. The van der Waals surface area contributed by atoms with E-state index in [0.29, 0.717) is 0 Å². The number of nitrogens with zero attached hydrogens (tertiary/aromatic N) is 1. The number of fused-ring (bicyclic) bond motifs is 1. The van der Waals surface area contributed by atoms with Crippen molar-refractivity contribution < 1.29 is 19.8 Å². The number of β-lactam (4-membered cyclic amide) rings is 1. The minimum Gasteiger partial charge on any atom is -0.477 e. The maximum Gasteiger partial charge on any atom is 0.353 e. The molecule has 0 aliphatic carbocycles. The van der Waals surface area contributed by atoms with E-state index in [0.717, 1.165) is 23.4 Å². The Labute approximate surface area is 187 Å². The van der Waals surface area contributed by atoms with Crippen LogP contribution in [-0.2, 0) is 15.1 Å². The lowest BCUT2D eigenvalue weighted by atomic mass is 9.79. The van der Waals surface area contributed by atoms with Crippen LogP contribution in [0.25, 0.3) is 0 Å². The second-order valence-electron chi connectivity index (χ2n) is 9.55. The molecule has 0 unspecified atom stereocenters. The first-order chi connectivity index (χ1) is 14.5. The van der Waals surface area contributed by atoms with E-state index in [4.69, 9.17) is 5.73 Å². The minimum absolute atomic E-state index is 0.0986. The normalized spacial score (nSPS) is 31.6. The molecule has 0 bridgehead atoms. The van der Waals surface area contributed by atoms with Gasteiger partial charge in [0.1, 0.15) is 5.70 Å². The van der Waals surface area contributed by atoms with Crippen LogP contribution in [0.3, 0.4) is 0 Å². The molecule has 0 spiro atoms. The van der Waals surface area contributed by atoms with Crippen molar-refractivity contribution in [3.05, 3.63) is 46.0 Å². The van der Waals surface area contributed by atoms with Crippen molar-refractivity contribution in [2.24, 2.45) is 17.6 Å². The fraction of sp³-hybridized carbons (Fsp3) is 0.565. The van der Waals surface area contributed by atoms with Gasteiger partial charge in [-0.25, -0.2) is 4.79 Å². The predicted molar refractivity (Wildman–Crippen MR) is 120 cm³/mol. The van der Waals surface area contributed by atoms with Gasteiger partial charge in [-0.1, -0.05) is 31.2 Å². The first-order valence-corrected chi connectivity index (χ1v) is 11.7. The number of aliphatic hydroxyl groups excluding tert-OH is 1. The number of hydrogen-bond acceptors (Lipinski definition) is 6. The van der Waals surface area contributed by atoms with Crippen molar-refractivity contribution in [1.82, 2.24) is 10.2 Å². The summed E-state index contributed by atoms with van der Waals surface area (Å²) in [5, 5.41) is 23.6. The Hall–Kier alpha value is -1.87. The van der Waals surface area contributed by atoms with Crippen LogP contribution in [0.1, 0.15) is 51.3 Å². The van der Waals surface area contributed by atoms with Crippen molar-refractivity contribution in [2.45, 2.75) is 63.1 Å². The van der Waals surface area contributed by atoms with Crippen molar-refractivity contribution >= 4 is 23.6 Å². The monoisotopic (exact) mass is 445 g/mol. The van der Waals surface area contributed by atoms with E-state index >= 15 is 0 Å². The Morgan fingerprint density at radius 2 is 1.97 bits per heavy atom. The lowest BCUT2D eigenvalue weighted by Gasteiger charge is -2.46. The molecule has 2 fully saturated rings. The molecule has 31 heavy (non-hydrogen) atoms. The van der Waals surface area contributed by atoms with Gasteiger partial charge in [0.2, 0.25) is 5.91 Å². The van der Waals surface area contributed by atoms with E-state index in [2.05, 4.69) is 29.6 Å². The van der Waals surface area contributed by atoms with Gasteiger partial charge in [0.05, 0.1) is 18.1 Å². The third-order valence-corrected chi connectivity index (χ3v) is 8.26. The molecule has 2 saturated heterocycles. The number of carboxylic acid groups (broad SMARTS) is 1. The highest BCUT2D eigenvalue weighted by molar-refractivity contribution is 8.03. The Kier molecular flexibility index (Phi) is 5.70. The van der Waals surface area contributed by atoms with Gasteiger partial charge in [-0.05, 0) is 38.3 Å². The minimum atomic E-state index is -1.07. The van der Waals surface area contributed by atoms with Crippen molar-refractivity contribution in [1.29, 1.82) is 0 Å². The average Bonchev–Trinajstić information content (AvgIpc) is 3.23. The molecular weight excluding hydrogens is 414 g/mol. The largest absolute Gasteiger partial charge is 0.477 e. The maximum atomic E-state index is 12.5. The molecule has 3 aliphatic heterocycles. The number of carboxylic acids is 1. The lowest BCUT2D eigenvalue weighted by Crippen LogP contribution is -2.63. The molecule has 168 valence electrons. The molecule has 7 nitrogen and oxygen atoms in total. The molecule has 6 atom stereocenters. The predicted octanol–water partition coefficient (Wildman–Crippen LogP) is 2.17. The van der Waals surface area contributed by atoms with Crippen LogP contribution >= 0.6 is 11.8 Å². The molecule has 8 heteroatoms. The van der Waals surface area contributed by atoms with Gasteiger partial charge in [-0.15, -0.1) is 11.8 Å². The van der Waals surface area contributed by atoms with Gasteiger partial charge in [0, 0.05) is 34.2 Å². The summed E-state index contributed by atoms with van der Waals surface area (Å²) < 4.78 is 0. The Bertz CT molecular complexity index is 922. The third-order valence-electron chi connectivity index (χ3n) is 6.75. The second-order valence-corrected chi connectivity index (χ2v) is 10.9. The summed E-state index contributed by atoms with van der Waals surface area (Å²) >= 11 is 1.57. The van der Waals surface area contributed by atoms with Crippen LogP contribution in [0, 0.1) is 11.8 Å². The standard InChI is InChI=1S/C23H31N3O4S/c1-11-18-17(12(2)27)21(28)26(18)19(22(29)30)20(11)31-15-9-16(25-10-15)13-5-7-14(8-6-13)23(3,4)24/h5-8,11-12,15-18,25,27H,9-10,24H2,1-4H3,(H,29,30)/t11-,12-,15+,16-,17-,18-/m1/s1. The van der Waals surface area contributed by atoms with E-state index in [1.807, 2.05) is 20.8 Å². The number of carbonyl (C=O) groups is 2. The summed E-state index contributed by atoms with van der Waals surface area (Å²) in [5.41, 5.74) is 8.17. The van der Waals surface area contributed by atoms with Crippen LogP contribution in [0.2, 0.25) is 0 Å². The first-order valence-electron chi connectivity index (χ1n) is 10.8. The Morgan fingerprint density at radius 3 is 2.52 bits per heavy atom. The first kappa shape index (κ1) is 22.3. The van der Waals surface area contributed by atoms with Crippen LogP contribution in [-0.4, -0.2) is 50.9 Å². The molecule has 4 rings (SSSR count). The van der Waals surface area contributed by atoms with Gasteiger partial charge in [-0.3, -0.25) is 4.79 Å². The van der Waals surface area contributed by atoms with Crippen molar-refractivity contribution in [2.75, 3.05) is 6.54 Å². The number of thioether (sulfide) groups is 1. The number of amides is 1. The molecule has 0 aromatic heterocycles. The highest BCUT2D eigenvalue weighted by Crippen LogP contribution is 2.52. The third kappa shape index (κ3) is 3.80. The van der Waals surface area contributed by atoms with Gasteiger partial charge in [0.25, 0.3) is 0 Å². The van der Waals surface area contributed by atoms with Gasteiger partial charge < -0.3 is 26.2 Å². The number of aliphatic carboxylic acids is 1. The van der Waals surface area contributed by atoms with E-state index in [-0.39, 0.29) is 40.4 Å². The summed E-state index contributed by atoms with van der Waals surface area (Å²) in [5.74, 6) is -1.98. The molecule has 3 heterocycles. The van der Waals surface area contributed by atoms with Crippen LogP contribution in [0.5, 0.6) is 0 Å². The van der Waals surface area contributed by atoms with Crippen LogP contribution < -0.4 is 11.1 Å². The molecule has 0 saturated carbocycles.